The van der Waals surface area contributed by atoms with Crippen LogP contribution in [0.1, 0.15) is 12.0 Å². The van der Waals surface area contributed by atoms with Crippen molar-refractivity contribution < 1.29 is 9.53 Å². The Morgan fingerprint density at radius 3 is 3.05 bits per heavy atom. The van der Waals surface area contributed by atoms with Gasteiger partial charge in [0.25, 0.3) is 0 Å². The minimum Gasteiger partial charge on any atom is -0.466 e. The Morgan fingerprint density at radius 2 is 2.37 bits per heavy atom. The molecule has 0 fully saturated rings. The van der Waals surface area contributed by atoms with Gasteiger partial charge in [-0.1, -0.05) is 28.1 Å². The number of hydrogen-bond acceptors (Lipinski definition) is 4. The van der Waals surface area contributed by atoms with Crippen molar-refractivity contribution in [1.29, 1.82) is 0 Å². The van der Waals surface area contributed by atoms with E-state index in [0.29, 0.717) is 12.8 Å². The van der Waals surface area contributed by atoms with Crippen molar-refractivity contribution in [3.05, 3.63) is 34.3 Å². The molecular weight excluding hydrogens is 312 g/mol. The first kappa shape index (κ1) is 13.5. The van der Waals surface area contributed by atoms with Crippen LogP contribution >= 0.6 is 15.9 Å². The molecule has 100 valence electrons. The molecule has 2 N–H and O–H groups in total. The minimum absolute atomic E-state index is 0.126. The number of anilines is 1. The number of nitrogens with one attached hydrogen (secondary N) is 2. The highest BCUT2D eigenvalue weighted by molar-refractivity contribution is 9.10. The molecule has 0 aliphatic rings. The average Bonchev–Trinajstić information content (AvgIpc) is 2.84. The van der Waals surface area contributed by atoms with Crippen molar-refractivity contribution in [2.45, 2.75) is 12.8 Å². The van der Waals surface area contributed by atoms with Gasteiger partial charge < -0.3 is 4.74 Å². The van der Waals surface area contributed by atoms with Gasteiger partial charge in [-0.15, -0.1) is 5.10 Å². The highest BCUT2D eigenvalue weighted by atomic mass is 79.9. The summed E-state index contributed by atoms with van der Waals surface area (Å²) in [5, 5.41) is 8.93. The summed E-state index contributed by atoms with van der Waals surface area (Å²) >= 11 is 3.40. The van der Waals surface area contributed by atoms with Crippen molar-refractivity contribution in [2.75, 3.05) is 12.4 Å². The van der Waals surface area contributed by atoms with Crippen LogP contribution in [0.4, 0.5) is 5.95 Å². The maximum atomic E-state index is 11.7. The lowest BCUT2D eigenvalue weighted by atomic mass is 10.1. The van der Waals surface area contributed by atoms with E-state index in [1.807, 2.05) is 24.3 Å². The molecule has 2 aromatic rings. The summed E-state index contributed by atoms with van der Waals surface area (Å²) in [4.78, 5) is 15.6. The Balaban J connectivity index is 1.84. The van der Waals surface area contributed by atoms with Crippen LogP contribution < -0.4 is 10.1 Å². The normalized spacial score (nSPS) is 10.2. The summed E-state index contributed by atoms with van der Waals surface area (Å²) in [6.07, 6.45) is 1.04. The topological polar surface area (TPSA) is 79.9 Å². The standard InChI is InChI=1S/C12H13BrN4O2/c1-19-12-15-11(16-17-12)14-10(18)6-5-8-3-2-4-9(13)7-8/h2-4,7H,5-6H2,1H3,(H2,14,15,16,17,18). The zero-order valence-electron chi connectivity index (χ0n) is 10.3. The van der Waals surface area contributed by atoms with Gasteiger partial charge in [0.15, 0.2) is 0 Å². The molecule has 6 nitrogen and oxygen atoms in total. The van der Waals surface area contributed by atoms with Gasteiger partial charge >= 0.3 is 6.01 Å². The highest BCUT2D eigenvalue weighted by Crippen LogP contribution is 2.13. The molecule has 0 aliphatic carbocycles. The van der Waals surface area contributed by atoms with Gasteiger partial charge in [-0.25, -0.2) is 5.10 Å². The van der Waals surface area contributed by atoms with Gasteiger partial charge in [-0.3, -0.25) is 10.1 Å². The van der Waals surface area contributed by atoms with E-state index >= 15 is 0 Å². The van der Waals surface area contributed by atoms with Crippen LogP contribution in [-0.2, 0) is 11.2 Å². The van der Waals surface area contributed by atoms with Crippen molar-refractivity contribution in [1.82, 2.24) is 15.2 Å². The first-order chi connectivity index (χ1) is 9.17. The second-order valence-corrected chi connectivity index (χ2v) is 4.76. The van der Waals surface area contributed by atoms with Gasteiger partial charge in [-0.05, 0) is 24.1 Å². The van der Waals surface area contributed by atoms with Crippen LogP contribution in [0, 0.1) is 0 Å². The third-order valence-corrected chi connectivity index (χ3v) is 2.93. The van der Waals surface area contributed by atoms with Gasteiger partial charge in [0, 0.05) is 10.9 Å². The maximum Gasteiger partial charge on any atom is 0.336 e. The first-order valence-electron chi connectivity index (χ1n) is 5.68. The SMILES string of the molecule is COc1n[nH]c(NC(=O)CCc2cccc(Br)c2)n1. The van der Waals surface area contributed by atoms with E-state index in [9.17, 15) is 4.79 Å². The lowest BCUT2D eigenvalue weighted by molar-refractivity contribution is -0.116. The molecule has 1 heterocycles. The van der Waals surface area contributed by atoms with Crippen molar-refractivity contribution in [3.63, 3.8) is 0 Å². The Morgan fingerprint density at radius 1 is 1.53 bits per heavy atom. The van der Waals surface area contributed by atoms with Crippen LogP contribution in [0.2, 0.25) is 0 Å². The largest absolute Gasteiger partial charge is 0.466 e. The molecule has 0 saturated heterocycles. The number of benzene rings is 1. The van der Waals surface area contributed by atoms with E-state index in [-0.39, 0.29) is 17.9 Å². The predicted octanol–water partition coefficient (Wildman–Crippen LogP) is 2.15. The zero-order valence-corrected chi connectivity index (χ0v) is 11.9. The third-order valence-electron chi connectivity index (χ3n) is 2.44. The van der Waals surface area contributed by atoms with E-state index in [0.717, 1.165) is 10.0 Å². The van der Waals surface area contributed by atoms with E-state index in [1.54, 1.807) is 0 Å². The molecule has 19 heavy (non-hydrogen) atoms. The second kappa shape index (κ2) is 6.33. The molecule has 0 unspecified atom stereocenters. The average molecular weight is 325 g/mol. The molecule has 0 atom stereocenters. The summed E-state index contributed by atoms with van der Waals surface area (Å²) < 4.78 is 5.81. The fourth-order valence-corrected chi connectivity index (χ4v) is 1.99. The number of carbonyl (C=O) groups excluding carboxylic acids is 1. The van der Waals surface area contributed by atoms with Gasteiger partial charge in [0.05, 0.1) is 7.11 Å². The number of ether oxygens (including phenoxy) is 1. The number of aryl methyl sites for hydroxylation is 1. The van der Waals surface area contributed by atoms with Crippen molar-refractivity contribution >= 4 is 27.8 Å². The molecular formula is C12H13BrN4O2. The van der Waals surface area contributed by atoms with Crippen LogP contribution in [0.25, 0.3) is 0 Å². The zero-order chi connectivity index (χ0) is 13.7. The Kier molecular flexibility index (Phi) is 4.51. The molecule has 0 radical (unpaired) electrons. The third kappa shape index (κ3) is 4.06. The smallest absolute Gasteiger partial charge is 0.336 e. The first-order valence-corrected chi connectivity index (χ1v) is 6.47. The van der Waals surface area contributed by atoms with E-state index in [1.165, 1.54) is 7.11 Å². The number of halogens is 1. The van der Waals surface area contributed by atoms with Crippen molar-refractivity contribution in [2.24, 2.45) is 0 Å². The van der Waals surface area contributed by atoms with Gasteiger partial charge in [-0.2, -0.15) is 4.98 Å². The lowest BCUT2D eigenvalue weighted by Gasteiger charge is -2.02. The second-order valence-electron chi connectivity index (χ2n) is 3.85. The number of H-pyrrole nitrogens is 1. The lowest BCUT2D eigenvalue weighted by Crippen LogP contribution is -2.13. The Hall–Kier alpha value is -1.89. The molecule has 0 spiro atoms. The van der Waals surface area contributed by atoms with E-state index < -0.39 is 0 Å². The Labute approximate surface area is 118 Å². The van der Waals surface area contributed by atoms with Crippen LogP contribution in [0.5, 0.6) is 6.01 Å². The van der Waals surface area contributed by atoms with Crippen LogP contribution in [-0.4, -0.2) is 28.2 Å². The molecule has 1 amide bonds. The van der Waals surface area contributed by atoms with Crippen LogP contribution in [0.3, 0.4) is 0 Å². The van der Waals surface area contributed by atoms with Crippen molar-refractivity contribution in [3.8, 4) is 6.01 Å². The number of rotatable bonds is 5. The number of carbonyl (C=O) groups is 1. The summed E-state index contributed by atoms with van der Waals surface area (Å²) in [5.41, 5.74) is 1.10. The summed E-state index contributed by atoms with van der Waals surface area (Å²) in [6.45, 7) is 0. The fourth-order valence-electron chi connectivity index (χ4n) is 1.54. The number of aromatic amines is 1. The Bertz CT molecular complexity index is 570. The monoisotopic (exact) mass is 324 g/mol. The molecule has 0 aliphatic heterocycles. The molecule has 0 bridgehead atoms. The molecule has 2 rings (SSSR count). The van der Waals surface area contributed by atoms with Crippen LogP contribution in [0.15, 0.2) is 28.7 Å². The maximum absolute atomic E-state index is 11.7. The fraction of sp³-hybridized carbons (Fsp3) is 0.250. The quantitative estimate of drug-likeness (QED) is 0.883. The van der Waals surface area contributed by atoms with Gasteiger partial charge in [0.2, 0.25) is 11.9 Å². The van der Waals surface area contributed by atoms with E-state index in [4.69, 9.17) is 4.74 Å². The number of hydrogen-bond donors (Lipinski definition) is 2. The molecule has 1 aromatic heterocycles. The number of amides is 1. The number of aromatic nitrogens is 3. The van der Waals surface area contributed by atoms with E-state index in [2.05, 4.69) is 36.4 Å². The number of nitrogens with zero attached hydrogens (tertiary/aromatic N) is 2. The molecule has 1 aromatic carbocycles. The molecule has 7 heteroatoms. The molecule has 0 saturated carbocycles. The highest BCUT2D eigenvalue weighted by Gasteiger charge is 2.07. The summed E-state index contributed by atoms with van der Waals surface area (Å²) in [5.74, 6) is 0.162. The van der Waals surface area contributed by atoms with Gasteiger partial charge in [0.1, 0.15) is 0 Å². The number of methoxy groups -OCH3 is 1. The summed E-state index contributed by atoms with van der Waals surface area (Å²) in [6, 6.07) is 8.06. The minimum atomic E-state index is -0.126. The predicted molar refractivity (Wildman–Crippen MR) is 74.0 cm³/mol. The summed E-state index contributed by atoms with van der Waals surface area (Å²) in [7, 11) is 1.46.